The highest BCUT2D eigenvalue weighted by atomic mass is 16.1. The Bertz CT molecular complexity index is 503. The molecule has 4 heteroatoms. The van der Waals surface area contributed by atoms with E-state index >= 15 is 0 Å². The zero-order valence-corrected chi connectivity index (χ0v) is 8.63. The van der Waals surface area contributed by atoms with Gasteiger partial charge in [-0.05, 0) is 24.3 Å². The third-order valence-corrected chi connectivity index (χ3v) is 2.10. The standard InChI is InChI=1S/C12H11N3O/c1-2-12(16)14-10-4-3-5-11(8-10)15-7-6-13-9-15/h2-9H,1H2,(H,14,16). The topological polar surface area (TPSA) is 46.9 Å². The van der Waals surface area contributed by atoms with Gasteiger partial charge in [0.15, 0.2) is 0 Å². The molecule has 1 aromatic carbocycles. The van der Waals surface area contributed by atoms with Gasteiger partial charge >= 0.3 is 0 Å². The van der Waals surface area contributed by atoms with Crippen molar-refractivity contribution < 1.29 is 4.79 Å². The molecule has 1 N–H and O–H groups in total. The SMILES string of the molecule is C=CC(=O)Nc1cccc(-n2ccnc2)c1. The number of imidazole rings is 1. The lowest BCUT2D eigenvalue weighted by molar-refractivity contribution is -0.111. The molecule has 1 aromatic heterocycles. The molecule has 80 valence electrons. The van der Waals surface area contributed by atoms with E-state index in [9.17, 15) is 4.79 Å². The van der Waals surface area contributed by atoms with Gasteiger partial charge in [0.1, 0.15) is 0 Å². The van der Waals surface area contributed by atoms with Gasteiger partial charge < -0.3 is 9.88 Å². The van der Waals surface area contributed by atoms with Crippen molar-refractivity contribution in [1.29, 1.82) is 0 Å². The summed E-state index contributed by atoms with van der Waals surface area (Å²) in [4.78, 5) is 15.1. The van der Waals surface area contributed by atoms with Crippen LogP contribution >= 0.6 is 0 Å². The Balaban J connectivity index is 2.26. The lowest BCUT2D eigenvalue weighted by atomic mass is 10.2. The molecule has 0 saturated heterocycles. The van der Waals surface area contributed by atoms with Crippen LogP contribution in [0.4, 0.5) is 5.69 Å². The van der Waals surface area contributed by atoms with E-state index in [1.165, 1.54) is 6.08 Å². The second kappa shape index (κ2) is 4.44. The van der Waals surface area contributed by atoms with Crippen LogP contribution in [0.3, 0.4) is 0 Å². The molecule has 2 rings (SSSR count). The van der Waals surface area contributed by atoms with Crippen molar-refractivity contribution in [1.82, 2.24) is 9.55 Å². The van der Waals surface area contributed by atoms with Crippen molar-refractivity contribution in [3.05, 3.63) is 55.6 Å². The van der Waals surface area contributed by atoms with Gasteiger partial charge in [-0.3, -0.25) is 4.79 Å². The second-order valence-corrected chi connectivity index (χ2v) is 3.21. The van der Waals surface area contributed by atoms with E-state index in [1.807, 2.05) is 35.0 Å². The highest BCUT2D eigenvalue weighted by Crippen LogP contribution is 2.14. The van der Waals surface area contributed by atoms with Crippen molar-refractivity contribution in [3.63, 3.8) is 0 Å². The summed E-state index contributed by atoms with van der Waals surface area (Å²) in [7, 11) is 0. The van der Waals surface area contributed by atoms with E-state index in [0.717, 1.165) is 11.4 Å². The minimum Gasteiger partial charge on any atom is -0.322 e. The minimum atomic E-state index is -0.220. The number of rotatable bonds is 3. The van der Waals surface area contributed by atoms with Crippen LogP contribution in [0.2, 0.25) is 0 Å². The maximum absolute atomic E-state index is 11.1. The van der Waals surface area contributed by atoms with E-state index in [4.69, 9.17) is 0 Å². The van der Waals surface area contributed by atoms with Gasteiger partial charge in [-0.15, -0.1) is 0 Å². The van der Waals surface area contributed by atoms with Gasteiger partial charge in [-0.2, -0.15) is 0 Å². The largest absolute Gasteiger partial charge is 0.322 e. The maximum atomic E-state index is 11.1. The normalized spacial score (nSPS) is 9.75. The first-order chi connectivity index (χ1) is 7.79. The summed E-state index contributed by atoms with van der Waals surface area (Å²) in [5, 5.41) is 2.70. The number of aromatic nitrogens is 2. The lowest BCUT2D eigenvalue weighted by Gasteiger charge is -2.06. The molecule has 0 atom stereocenters. The predicted molar refractivity (Wildman–Crippen MR) is 62.4 cm³/mol. The minimum absolute atomic E-state index is 0.220. The molecule has 1 amide bonds. The second-order valence-electron chi connectivity index (χ2n) is 3.21. The highest BCUT2D eigenvalue weighted by molar-refractivity contribution is 5.98. The van der Waals surface area contributed by atoms with Crippen LogP contribution in [0.15, 0.2) is 55.6 Å². The Morgan fingerprint density at radius 2 is 2.38 bits per heavy atom. The molecular formula is C12H11N3O. The first-order valence-corrected chi connectivity index (χ1v) is 4.81. The molecule has 1 heterocycles. The number of carbonyl (C=O) groups excluding carboxylic acids is 1. The molecule has 16 heavy (non-hydrogen) atoms. The summed E-state index contributed by atoms with van der Waals surface area (Å²) in [6.07, 6.45) is 6.49. The average Bonchev–Trinajstić information content (AvgIpc) is 2.83. The number of carbonyl (C=O) groups is 1. The summed E-state index contributed by atoms with van der Waals surface area (Å²) in [6, 6.07) is 7.49. The van der Waals surface area contributed by atoms with Gasteiger partial charge in [0.2, 0.25) is 5.91 Å². The smallest absolute Gasteiger partial charge is 0.247 e. The predicted octanol–water partition coefficient (Wildman–Crippen LogP) is 2.00. The Morgan fingerprint density at radius 3 is 3.06 bits per heavy atom. The number of hydrogen-bond acceptors (Lipinski definition) is 2. The summed E-state index contributed by atoms with van der Waals surface area (Å²) in [6.45, 7) is 3.40. The van der Waals surface area contributed by atoms with Crippen LogP contribution in [0.1, 0.15) is 0 Å². The van der Waals surface area contributed by atoms with Crippen molar-refractivity contribution in [3.8, 4) is 5.69 Å². The van der Waals surface area contributed by atoms with Crippen LogP contribution in [-0.2, 0) is 4.79 Å². The van der Waals surface area contributed by atoms with Gasteiger partial charge in [-0.1, -0.05) is 12.6 Å². The average molecular weight is 213 g/mol. The highest BCUT2D eigenvalue weighted by Gasteiger charge is 1.99. The number of anilines is 1. The molecule has 0 saturated carbocycles. The van der Waals surface area contributed by atoms with Crippen molar-refractivity contribution in [2.45, 2.75) is 0 Å². The molecular weight excluding hydrogens is 202 g/mol. The maximum Gasteiger partial charge on any atom is 0.247 e. The molecule has 0 spiro atoms. The number of nitrogens with one attached hydrogen (secondary N) is 1. The van der Waals surface area contributed by atoms with E-state index < -0.39 is 0 Å². The van der Waals surface area contributed by atoms with E-state index in [2.05, 4.69) is 16.9 Å². The van der Waals surface area contributed by atoms with Crippen LogP contribution < -0.4 is 5.32 Å². The summed E-state index contributed by atoms with van der Waals surface area (Å²) >= 11 is 0. The summed E-state index contributed by atoms with van der Waals surface area (Å²) < 4.78 is 1.86. The summed E-state index contributed by atoms with van der Waals surface area (Å²) in [5.41, 5.74) is 1.68. The Kier molecular flexibility index (Phi) is 2.82. The molecule has 0 unspecified atom stereocenters. The molecule has 0 fully saturated rings. The van der Waals surface area contributed by atoms with Gasteiger partial charge in [0, 0.05) is 23.8 Å². The number of hydrogen-bond donors (Lipinski definition) is 1. The third-order valence-electron chi connectivity index (χ3n) is 2.10. The zero-order chi connectivity index (χ0) is 11.4. The summed E-state index contributed by atoms with van der Waals surface area (Å²) in [5.74, 6) is -0.220. The van der Waals surface area contributed by atoms with E-state index in [-0.39, 0.29) is 5.91 Å². The van der Waals surface area contributed by atoms with Crippen molar-refractivity contribution in [2.24, 2.45) is 0 Å². The molecule has 4 nitrogen and oxygen atoms in total. The van der Waals surface area contributed by atoms with Crippen LogP contribution in [0, 0.1) is 0 Å². The quantitative estimate of drug-likeness (QED) is 0.792. The number of nitrogens with zero attached hydrogens (tertiary/aromatic N) is 2. The number of benzene rings is 1. The third kappa shape index (κ3) is 2.17. The van der Waals surface area contributed by atoms with Crippen LogP contribution in [0.5, 0.6) is 0 Å². The molecule has 0 aliphatic rings. The van der Waals surface area contributed by atoms with E-state index in [1.54, 1.807) is 12.5 Å². The monoisotopic (exact) mass is 213 g/mol. The first-order valence-electron chi connectivity index (χ1n) is 4.81. The molecule has 0 radical (unpaired) electrons. The van der Waals surface area contributed by atoms with Crippen molar-refractivity contribution >= 4 is 11.6 Å². The van der Waals surface area contributed by atoms with Gasteiger partial charge in [-0.25, -0.2) is 4.98 Å². The number of amides is 1. The van der Waals surface area contributed by atoms with Gasteiger partial charge in [0.05, 0.1) is 6.33 Å². The first kappa shape index (κ1) is 10.2. The zero-order valence-electron chi connectivity index (χ0n) is 8.63. The van der Waals surface area contributed by atoms with E-state index in [0.29, 0.717) is 0 Å². The lowest BCUT2D eigenvalue weighted by Crippen LogP contribution is -2.07. The fraction of sp³-hybridized carbons (Fsp3) is 0. The Morgan fingerprint density at radius 1 is 1.50 bits per heavy atom. The van der Waals surface area contributed by atoms with Crippen LogP contribution in [-0.4, -0.2) is 15.5 Å². The fourth-order valence-electron chi connectivity index (χ4n) is 1.35. The molecule has 0 bridgehead atoms. The molecule has 2 aromatic rings. The Labute approximate surface area is 93.2 Å². The molecule has 0 aliphatic carbocycles. The van der Waals surface area contributed by atoms with Crippen molar-refractivity contribution in [2.75, 3.05) is 5.32 Å². The molecule has 0 aliphatic heterocycles. The fourth-order valence-corrected chi connectivity index (χ4v) is 1.35. The van der Waals surface area contributed by atoms with Crippen LogP contribution in [0.25, 0.3) is 5.69 Å². The van der Waals surface area contributed by atoms with Gasteiger partial charge in [0.25, 0.3) is 0 Å². The Hall–Kier alpha value is -2.36.